The van der Waals surface area contributed by atoms with Crippen LogP contribution in [0.25, 0.3) is 6.08 Å². The molecule has 21 heavy (non-hydrogen) atoms. The molecule has 0 saturated carbocycles. The summed E-state index contributed by atoms with van der Waals surface area (Å²) >= 11 is 0. The molecule has 1 aromatic carbocycles. The zero-order chi connectivity index (χ0) is 15.4. The van der Waals surface area contributed by atoms with Crippen LogP contribution in [0.1, 0.15) is 18.4 Å². The molecule has 2 rings (SSSR count). The second-order valence-electron chi connectivity index (χ2n) is 4.75. The number of carbonyl (C=O) groups is 2. The van der Waals surface area contributed by atoms with Crippen molar-refractivity contribution < 1.29 is 25.0 Å². The van der Waals surface area contributed by atoms with E-state index in [-0.39, 0.29) is 17.4 Å². The lowest BCUT2D eigenvalue weighted by Crippen LogP contribution is -2.44. The Morgan fingerprint density at radius 2 is 2.05 bits per heavy atom. The maximum atomic E-state index is 12.1. The number of benzene rings is 1. The quantitative estimate of drug-likeness (QED) is 0.282. The lowest BCUT2D eigenvalue weighted by atomic mass is 10.1. The summed E-state index contributed by atoms with van der Waals surface area (Å²) in [7, 11) is 0. The highest BCUT2D eigenvalue weighted by Gasteiger charge is 2.32. The second kappa shape index (κ2) is 6.27. The van der Waals surface area contributed by atoms with Crippen molar-refractivity contribution in [1.29, 1.82) is 0 Å². The number of likely N-dealkylation sites (tertiary alicyclic amines) is 1. The van der Waals surface area contributed by atoms with E-state index < -0.39 is 11.9 Å². The molecule has 1 atom stereocenters. The highest BCUT2D eigenvalue weighted by molar-refractivity contribution is 5.95. The topological polar surface area (TPSA) is 110 Å². The van der Waals surface area contributed by atoms with Crippen LogP contribution in [0.2, 0.25) is 0 Å². The van der Waals surface area contributed by atoms with Gasteiger partial charge in [0.15, 0.2) is 11.5 Å². The van der Waals surface area contributed by atoms with Gasteiger partial charge in [0, 0.05) is 12.6 Å². The van der Waals surface area contributed by atoms with Crippen molar-refractivity contribution in [2.45, 2.75) is 18.9 Å². The van der Waals surface area contributed by atoms with E-state index in [1.54, 1.807) is 11.5 Å². The molecule has 7 heteroatoms. The Morgan fingerprint density at radius 1 is 1.29 bits per heavy atom. The Balaban J connectivity index is 2.08. The van der Waals surface area contributed by atoms with Crippen LogP contribution in [-0.4, -0.2) is 44.7 Å². The number of nitrogens with zero attached hydrogens (tertiary/aromatic N) is 1. The summed E-state index contributed by atoms with van der Waals surface area (Å²) in [4.78, 5) is 24.9. The van der Waals surface area contributed by atoms with Gasteiger partial charge in [-0.2, -0.15) is 0 Å². The minimum absolute atomic E-state index is 0.238. The third-order valence-corrected chi connectivity index (χ3v) is 3.37. The Hall–Kier alpha value is -2.54. The van der Waals surface area contributed by atoms with E-state index in [4.69, 9.17) is 5.21 Å². The zero-order valence-corrected chi connectivity index (χ0v) is 11.2. The molecule has 1 saturated heterocycles. The molecule has 0 spiro atoms. The van der Waals surface area contributed by atoms with Crippen LogP contribution < -0.4 is 5.48 Å². The van der Waals surface area contributed by atoms with Crippen LogP contribution >= 0.6 is 0 Å². The summed E-state index contributed by atoms with van der Waals surface area (Å²) in [6, 6.07) is 3.51. The first kappa shape index (κ1) is 14.9. The van der Waals surface area contributed by atoms with Crippen LogP contribution in [0, 0.1) is 0 Å². The monoisotopic (exact) mass is 292 g/mol. The number of phenolic OH excluding ortho intramolecular Hbond substituents is 2. The maximum Gasteiger partial charge on any atom is 0.266 e. The van der Waals surface area contributed by atoms with Crippen LogP contribution in [0.5, 0.6) is 11.5 Å². The third-order valence-electron chi connectivity index (χ3n) is 3.37. The standard InChI is InChI=1S/C14H16N2O5/c17-11-5-3-9(8-12(11)18)4-6-13(19)16-7-1-2-10(16)14(20)15-21/h3-6,8,10,17-18,21H,1-2,7H2,(H,15,20)/t10-/m0/s1. The summed E-state index contributed by atoms with van der Waals surface area (Å²) in [6.07, 6.45) is 3.96. The molecular weight excluding hydrogens is 276 g/mol. The van der Waals surface area contributed by atoms with E-state index in [2.05, 4.69) is 0 Å². The molecule has 1 aliphatic rings. The first-order chi connectivity index (χ1) is 10.0. The zero-order valence-electron chi connectivity index (χ0n) is 11.2. The highest BCUT2D eigenvalue weighted by Crippen LogP contribution is 2.25. The summed E-state index contributed by atoms with van der Waals surface area (Å²) in [6.45, 7) is 0.447. The van der Waals surface area contributed by atoms with Crippen molar-refractivity contribution in [3.05, 3.63) is 29.8 Å². The number of amides is 2. The fourth-order valence-electron chi connectivity index (χ4n) is 2.28. The Bertz CT molecular complexity index is 585. The minimum Gasteiger partial charge on any atom is -0.504 e. The molecule has 0 unspecified atom stereocenters. The average molecular weight is 292 g/mol. The van der Waals surface area contributed by atoms with Crippen LogP contribution in [0.4, 0.5) is 0 Å². The van der Waals surface area contributed by atoms with Gasteiger partial charge in [-0.05, 0) is 36.6 Å². The van der Waals surface area contributed by atoms with Gasteiger partial charge in [-0.15, -0.1) is 0 Å². The highest BCUT2D eigenvalue weighted by atomic mass is 16.5. The molecule has 1 fully saturated rings. The number of hydrogen-bond donors (Lipinski definition) is 4. The van der Waals surface area contributed by atoms with Gasteiger partial charge in [-0.25, -0.2) is 5.48 Å². The third kappa shape index (κ3) is 3.32. The lowest BCUT2D eigenvalue weighted by Gasteiger charge is -2.21. The fourth-order valence-corrected chi connectivity index (χ4v) is 2.28. The van der Waals surface area contributed by atoms with Gasteiger partial charge in [0.1, 0.15) is 6.04 Å². The van der Waals surface area contributed by atoms with E-state index in [9.17, 15) is 19.8 Å². The lowest BCUT2D eigenvalue weighted by molar-refractivity contribution is -0.140. The fraction of sp³-hybridized carbons (Fsp3) is 0.286. The molecule has 1 aromatic rings. The first-order valence-corrected chi connectivity index (χ1v) is 6.47. The van der Waals surface area contributed by atoms with Gasteiger partial charge >= 0.3 is 0 Å². The number of carbonyl (C=O) groups excluding carboxylic acids is 2. The van der Waals surface area contributed by atoms with E-state index in [1.807, 2.05) is 0 Å². The van der Waals surface area contributed by atoms with Crippen LogP contribution in [-0.2, 0) is 9.59 Å². The van der Waals surface area contributed by atoms with E-state index in [0.29, 0.717) is 24.9 Å². The van der Waals surface area contributed by atoms with Crippen LogP contribution in [0.3, 0.4) is 0 Å². The number of aromatic hydroxyl groups is 2. The van der Waals surface area contributed by atoms with Crippen molar-refractivity contribution >= 4 is 17.9 Å². The van der Waals surface area contributed by atoms with Gasteiger partial charge in [0.05, 0.1) is 0 Å². The largest absolute Gasteiger partial charge is 0.504 e. The molecule has 1 aliphatic heterocycles. The maximum absolute atomic E-state index is 12.1. The summed E-state index contributed by atoms with van der Waals surface area (Å²) in [5, 5.41) is 27.2. The number of nitrogens with one attached hydrogen (secondary N) is 1. The summed E-state index contributed by atoms with van der Waals surface area (Å²) in [5.41, 5.74) is 2.10. The molecular formula is C14H16N2O5. The SMILES string of the molecule is O=C(NO)[C@@H]1CCCN1C(=O)C=Cc1ccc(O)c(O)c1. The van der Waals surface area contributed by atoms with Gasteiger partial charge < -0.3 is 15.1 Å². The Kier molecular flexibility index (Phi) is 4.44. The van der Waals surface area contributed by atoms with Gasteiger partial charge in [-0.3, -0.25) is 14.8 Å². The Morgan fingerprint density at radius 3 is 2.71 bits per heavy atom. The molecule has 4 N–H and O–H groups in total. The first-order valence-electron chi connectivity index (χ1n) is 6.47. The average Bonchev–Trinajstić information content (AvgIpc) is 2.97. The number of phenols is 2. The molecule has 0 radical (unpaired) electrons. The van der Waals surface area contributed by atoms with E-state index in [0.717, 1.165) is 0 Å². The summed E-state index contributed by atoms with van der Waals surface area (Å²) < 4.78 is 0. The van der Waals surface area contributed by atoms with Gasteiger partial charge in [-0.1, -0.05) is 6.07 Å². The predicted octanol–water partition coefficient (Wildman–Crippen LogP) is 0.607. The number of rotatable bonds is 3. The number of hydrogen-bond acceptors (Lipinski definition) is 5. The summed E-state index contributed by atoms with van der Waals surface area (Å²) in [5.74, 6) is -1.47. The van der Waals surface area contributed by atoms with Crippen molar-refractivity contribution in [2.24, 2.45) is 0 Å². The molecule has 0 aromatic heterocycles. The van der Waals surface area contributed by atoms with Crippen molar-refractivity contribution in [3.8, 4) is 11.5 Å². The van der Waals surface area contributed by atoms with Crippen molar-refractivity contribution in [3.63, 3.8) is 0 Å². The van der Waals surface area contributed by atoms with E-state index >= 15 is 0 Å². The molecule has 1 heterocycles. The second-order valence-corrected chi connectivity index (χ2v) is 4.75. The normalized spacial score (nSPS) is 18.1. The van der Waals surface area contributed by atoms with Crippen LogP contribution in [0.15, 0.2) is 24.3 Å². The molecule has 7 nitrogen and oxygen atoms in total. The van der Waals surface area contributed by atoms with E-state index in [1.165, 1.54) is 29.2 Å². The molecule has 0 aliphatic carbocycles. The Labute approximate surface area is 121 Å². The minimum atomic E-state index is -0.666. The van der Waals surface area contributed by atoms with Gasteiger partial charge in [0.25, 0.3) is 5.91 Å². The molecule has 112 valence electrons. The van der Waals surface area contributed by atoms with Crippen molar-refractivity contribution in [2.75, 3.05) is 6.54 Å². The van der Waals surface area contributed by atoms with Gasteiger partial charge in [0.2, 0.25) is 5.91 Å². The smallest absolute Gasteiger partial charge is 0.266 e. The van der Waals surface area contributed by atoms with Crippen molar-refractivity contribution in [1.82, 2.24) is 10.4 Å². The predicted molar refractivity (Wildman–Crippen MR) is 73.5 cm³/mol. The number of hydroxylamine groups is 1. The molecule has 0 bridgehead atoms. The molecule has 2 amide bonds.